The lowest BCUT2D eigenvalue weighted by Crippen LogP contribution is -2.45. The lowest BCUT2D eigenvalue weighted by Gasteiger charge is -2.18. The van der Waals surface area contributed by atoms with Gasteiger partial charge in [-0.3, -0.25) is 4.79 Å². The standard InChI is InChI=1S/C17H17FN4O2/c1-17(2,19)16(23)22-10-3-4-14(12(18)9-10)24-13-6-8-21-15-11(13)5-7-20-15/h3-9H,19H2,1-2H3,(H,20,21)(H,22,23). The number of nitrogens with zero attached hydrogens (tertiary/aromatic N) is 1. The molecular formula is C17H17FN4O2. The van der Waals surface area contributed by atoms with Crippen molar-refractivity contribution in [3.8, 4) is 11.5 Å². The third kappa shape index (κ3) is 3.21. The number of nitrogens with one attached hydrogen (secondary N) is 2. The predicted octanol–water partition coefficient (Wildman–Crippen LogP) is 3.17. The molecule has 1 amide bonds. The van der Waals surface area contributed by atoms with Crippen molar-refractivity contribution in [2.45, 2.75) is 19.4 Å². The number of ether oxygens (including phenoxy) is 1. The van der Waals surface area contributed by atoms with Crippen LogP contribution in [0.15, 0.2) is 42.7 Å². The fourth-order valence-electron chi connectivity index (χ4n) is 2.10. The number of halogens is 1. The number of H-pyrrole nitrogens is 1. The molecule has 0 aliphatic carbocycles. The van der Waals surface area contributed by atoms with Gasteiger partial charge in [0.15, 0.2) is 11.6 Å². The molecule has 0 saturated carbocycles. The van der Waals surface area contributed by atoms with Gasteiger partial charge in [0.25, 0.3) is 0 Å². The Labute approximate surface area is 137 Å². The summed E-state index contributed by atoms with van der Waals surface area (Å²) in [7, 11) is 0. The Morgan fingerprint density at radius 1 is 1.29 bits per heavy atom. The maximum atomic E-state index is 14.3. The molecule has 2 aromatic heterocycles. The molecular weight excluding hydrogens is 311 g/mol. The maximum Gasteiger partial charge on any atom is 0.243 e. The first-order valence-corrected chi connectivity index (χ1v) is 7.34. The van der Waals surface area contributed by atoms with Crippen LogP contribution < -0.4 is 15.8 Å². The number of anilines is 1. The van der Waals surface area contributed by atoms with Crippen molar-refractivity contribution in [3.63, 3.8) is 0 Å². The Morgan fingerprint density at radius 3 is 2.79 bits per heavy atom. The molecule has 6 nitrogen and oxygen atoms in total. The van der Waals surface area contributed by atoms with Gasteiger partial charge >= 0.3 is 0 Å². The van der Waals surface area contributed by atoms with Crippen LogP contribution in [0.3, 0.4) is 0 Å². The van der Waals surface area contributed by atoms with Crippen molar-refractivity contribution in [2.24, 2.45) is 5.73 Å². The fraction of sp³-hybridized carbons (Fsp3) is 0.176. The summed E-state index contributed by atoms with van der Waals surface area (Å²) >= 11 is 0. The lowest BCUT2D eigenvalue weighted by molar-refractivity contribution is -0.120. The van der Waals surface area contributed by atoms with E-state index >= 15 is 0 Å². The number of carbonyl (C=O) groups is 1. The van der Waals surface area contributed by atoms with Crippen molar-refractivity contribution >= 4 is 22.6 Å². The third-order valence-corrected chi connectivity index (χ3v) is 3.42. The zero-order chi connectivity index (χ0) is 17.3. The number of rotatable bonds is 4. The van der Waals surface area contributed by atoms with Crippen molar-refractivity contribution in [2.75, 3.05) is 5.32 Å². The predicted molar refractivity (Wildman–Crippen MR) is 89.5 cm³/mol. The molecule has 0 bridgehead atoms. The average molecular weight is 328 g/mol. The van der Waals surface area contributed by atoms with Crippen LogP contribution in [-0.4, -0.2) is 21.4 Å². The Hall–Kier alpha value is -2.93. The highest BCUT2D eigenvalue weighted by atomic mass is 19.1. The van der Waals surface area contributed by atoms with Gasteiger partial charge in [0, 0.05) is 24.1 Å². The second-order valence-electron chi connectivity index (χ2n) is 5.97. The van der Waals surface area contributed by atoms with Gasteiger partial charge in [-0.2, -0.15) is 0 Å². The number of aromatic amines is 1. The lowest BCUT2D eigenvalue weighted by atomic mass is 10.1. The van der Waals surface area contributed by atoms with E-state index in [1.54, 1.807) is 44.4 Å². The Morgan fingerprint density at radius 2 is 2.08 bits per heavy atom. The van der Waals surface area contributed by atoms with Gasteiger partial charge in [-0.25, -0.2) is 9.37 Å². The average Bonchev–Trinajstić information content (AvgIpc) is 2.98. The minimum absolute atomic E-state index is 0.0497. The first-order chi connectivity index (χ1) is 11.3. The molecule has 0 unspecified atom stereocenters. The molecule has 0 saturated heterocycles. The van der Waals surface area contributed by atoms with E-state index in [-0.39, 0.29) is 5.75 Å². The second-order valence-corrected chi connectivity index (χ2v) is 5.97. The van der Waals surface area contributed by atoms with Crippen LogP contribution in [0.2, 0.25) is 0 Å². The van der Waals surface area contributed by atoms with Gasteiger partial charge in [-0.1, -0.05) is 0 Å². The first-order valence-electron chi connectivity index (χ1n) is 7.34. The summed E-state index contributed by atoms with van der Waals surface area (Å²) in [5.41, 5.74) is 5.61. The summed E-state index contributed by atoms with van der Waals surface area (Å²) in [5, 5.41) is 3.31. The Kier molecular flexibility index (Phi) is 3.94. The summed E-state index contributed by atoms with van der Waals surface area (Å²) in [6.45, 7) is 3.14. The van der Waals surface area contributed by atoms with Crippen molar-refractivity contribution in [1.82, 2.24) is 9.97 Å². The number of aromatic nitrogens is 2. The van der Waals surface area contributed by atoms with Gasteiger partial charge in [0.05, 0.1) is 10.9 Å². The van der Waals surface area contributed by atoms with Gasteiger partial charge in [0.2, 0.25) is 5.91 Å². The van der Waals surface area contributed by atoms with E-state index in [1.165, 1.54) is 12.1 Å². The number of amides is 1. The molecule has 0 aliphatic rings. The van der Waals surface area contributed by atoms with Crippen LogP contribution in [0.4, 0.5) is 10.1 Å². The molecule has 1 aromatic carbocycles. The smallest absolute Gasteiger partial charge is 0.243 e. The van der Waals surface area contributed by atoms with E-state index in [4.69, 9.17) is 10.5 Å². The monoisotopic (exact) mass is 328 g/mol. The molecule has 0 fully saturated rings. The molecule has 7 heteroatoms. The number of hydrogen-bond acceptors (Lipinski definition) is 4. The number of benzene rings is 1. The van der Waals surface area contributed by atoms with E-state index in [9.17, 15) is 9.18 Å². The summed E-state index contributed by atoms with van der Waals surface area (Å²) in [6, 6.07) is 7.65. The fourth-order valence-corrected chi connectivity index (χ4v) is 2.10. The van der Waals surface area contributed by atoms with E-state index in [2.05, 4.69) is 15.3 Å². The van der Waals surface area contributed by atoms with Crippen molar-refractivity contribution < 1.29 is 13.9 Å². The highest BCUT2D eigenvalue weighted by Gasteiger charge is 2.22. The minimum atomic E-state index is -1.05. The zero-order valence-corrected chi connectivity index (χ0v) is 13.3. The highest BCUT2D eigenvalue weighted by molar-refractivity contribution is 5.97. The minimum Gasteiger partial charge on any atom is -0.453 e. The summed E-state index contributed by atoms with van der Waals surface area (Å²) < 4.78 is 19.9. The van der Waals surface area contributed by atoms with E-state index in [0.29, 0.717) is 17.1 Å². The largest absolute Gasteiger partial charge is 0.453 e. The number of nitrogens with two attached hydrogens (primary N) is 1. The van der Waals surface area contributed by atoms with Crippen LogP contribution in [0.1, 0.15) is 13.8 Å². The topological polar surface area (TPSA) is 93.0 Å². The quantitative estimate of drug-likeness (QED) is 0.686. The number of fused-ring (bicyclic) bond motifs is 1. The molecule has 0 radical (unpaired) electrons. The van der Waals surface area contributed by atoms with Crippen molar-refractivity contribution in [1.29, 1.82) is 0 Å². The SMILES string of the molecule is CC(C)(N)C(=O)Nc1ccc(Oc2ccnc3[nH]ccc23)c(F)c1. The number of carbonyl (C=O) groups excluding carboxylic acids is 1. The molecule has 0 atom stereocenters. The second kappa shape index (κ2) is 5.93. The third-order valence-electron chi connectivity index (χ3n) is 3.42. The summed E-state index contributed by atoms with van der Waals surface area (Å²) in [6.07, 6.45) is 3.30. The molecule has 2 heterocycles. The van der Waals surface area contributed by atoms with E-state index < -0.39 is 17.3 Å². The van der Waals surface area contributed by atoms with Crippen LogP contribution in [-0.2, 0) is 4.79 Å². The number of hydrogen-bond donors (Lipinski definition) is 3. The molecule has 0 aliphatic heterocycles. The zero-order valence-electron chi connectivity index (χ0n) is 13.3. The molecule has 0 spiro atoms. The van der Waals surface area contributed by atoms with Crippen LogP contribution in [0.25, 0.3) is 11.0 Å². The highest BCUT2D eigenvalue weighted by Crippen LogP contribution is 2.31. The van der Waals surface area contributed by atoms with Crippen molar-refractivity contribution in [3.05, 3.63) is 48.5 Å². The van der Waals surface area contributed by atoms with Crippen LogP contribution in [0, 0.1) is 5.82 Å². The maximum absolute atomic E-state index is 14.3. The Balaban J connectivity index is 1.83. The molecule has 3 aromatic rings. The summed E-state index contributed by atoms with van der Waals surface area (Å²) in [4.78, 5) is 18.9. The number of pyridine rings is 1. The molecule has 124 valence electrons. The van der Waals surface area contributed by atoms with E-state index in [1.807, 2.05) is 0 Å². The van der Waals surface area contributed by atoms with E-state index in [0.717, 1.165) is 5.39 Å². The molecule has 24 heavy (non-hydrogen) atoms. The Bertz CT molecular complexity index is 899. The van der Waals surface area contributed by atoms with Gasteiger partial charge in [-0.15, -0.1) is 0 Å². The van der Waals surface area contributed by atoms with Gasteiger partial charge in [0.1, 0.15) is 11.4 Å². The molecule has 4 N–H and O–H groups in total. The first kappa shape index (κ1) is 15.9. The summed E-state index contributed by atoms with van der Waals surface area (Å²) in [5.74, 6) is -0.462. The van der Waals surface area contributed by atoms with Gasteiger partial charge < -0.3 is 20.8 Å². The van der Waals surface area contributed by atoms with Gasteiger partial charge in [-0.05, 0) is 38.1 Å². The van der Waals surface area contributed by atoms with Crippen LogP contribution in [0.5, 0.6) is 11.5 Å². The normalized spacial score (nSPS) is 11.5. The molecule has 3 rings (SSSR count). The van der Waals surface area contributed by atoms with Crippen LogP contribution >= 0.6 is 0 Å².